The molecule has 8 heteroatoms. The molecule has 1 amide bonds. The Bertz CT molecular complexity index is 608. The Labute approximate surface area is 151 Å². The molecule has 0 aromatic heterocycles. The number of piperazine rings is 1. The fourth-order valence-corrected chi connectivity index (χ4v) is 3.57. The van der Waals surface area contributed by atoms with Crippen LogP contribution in [0.4, 0.5) is 0 Å². The average Bonchev–Trinajstić information content (AvgIpc) is 2.62. The number of amides is 1. The van der Waals surface area contributed by atoms with Gasteiger partial charge in [0.15, 0.2) is 0 Å². The first-order chi connectivity index (χ1) is 11.6. The second kappa shape index (κ2) is 7.89. The van der Waals surface area contributed by atoms with E-state index in [9.17, 15) is 9.90 Å². The smallest absolute Gasteiger partial charge is 0.241 e. The number of carbonyl (C=O) groups excluding carboxylic acids is 1. The highest BCUT2D eigenvalue weighted by atomic mass is 35.5. The third-order valence-electron chi connectivity index (χ3n) is 4.43. The number of phenols is 1. The molecule has 3 rings (SSSR count). The lowest BCUT2D eigenvalue weighted by Gasteiger charge is -2.37. The molecule has 6 nitrogen and oxygen atoms in total. The molecule has 2 fully saturated rings. The van der Waals surface area contributed by atoms with Gasteiger partial charge >= 0.3 is 0 Å². The maximum atomic E-state index is 12.6. The number of hydrogen-bond acceptors (Lipinski definition) is 5. The Morgan fingerprint density at radius 2 is 2.04 bits per heavy atom. The minimum Gasteiger partial charge on any atom is -0.506 e. The molecule has 1 atom stereocenters. The van der Waals surface area contributed by atoms with Crippen LogP contribution < -0.4 is 5.32 Å². The first kappa shape index (κ1) is 17.8. The summed E-state index contributed by atoms with van der Waals surface area (Å²) in [6.45, 7) is 5.05. The zero-order valence-corrected chi connectivity index (χ0v) is 14.8. The highest BCUT2D eigenvalue weighted by molar-refractivity contribution is 6.36. The van der Waals surface area contributed by atoms with Crippen molar-refractivity contribution in [2.45, 2.75) is 12.6 Å². The number of morpholine rings is 1. The summed E-state index contributed by atoms with van der Waals surface area (Å²) in [7, 11) is 0. The Hall–Kier alpha value is -1.05. The average molecular weight is 374 g/mol. The van der Waals surface area contributed by atoms with E-state index in [0.717, 1.165) is 13.1 Å². The van der Waals surface area contributed by atoms with E-state index < -0.39 is 0 Å². The Morgan fingerprint density at radius 3 is 2.79 bits per heavy atom. The molecule has 2 N–H and O–H groups in total. The SMILES string of the molecule is O=C(C1CN(Cc2c(Cl)ccc(O)c2Cl)CCN1)N1CCOCC1. The molecule has 2 heterocycles. The largest absolute Gasteiger partial charge is 0.506 e. The van der Waals surface area contributed by atoms with Crippen molar-refractivity contribution in [3.8, 4) is 5.75 Å². The molecule has 1 aromatic rings. The van der Waals surface area contributed by atoms with Crippen LogP contribution in [0.25, 0.3) is 0 Å². The number of phenolic OH excluding ortho intramolecular Hbond substituents is 1. The van der Waals surface area contributed by atoms with Gasteiger partial charge in [-0.1, -0.05) is 23.2 Å². The molecule has 132 valence electrons. The van der Waals surface area contributed by atoms with Crippen LogP contribution in [0.3, 0.4) is 0 Å². The standard InChI is InChI=1S/C16H21Cl2N3O3/c17-12-1-2-14(22)15(18)11(12)9-20-4-3-19-13(10-20)16(23)21-5-7-24-8-6-21/h1-2,13,19,22H,3-10H2. The number of hydrogen-bond donors (Lipinski definition) is 2. The van der Waals surface area contributed by atoms with E-state index in [2.05, 4.69) is 10.2 Å². The maximum absolute atomic E-state index is 12.6. The van der Waals surface area contributed by atoms with Gasteiger partial charge in [-0.2, -0.15) is 0 Å². The van der Waals surface area contributed by atoms with Crippen LogP contribution in [0, 0.1) is 0 Å². The van der Waals surface area contributed by atoms with Crippen LogP contribution in [-0.4, -0.2) is 72.8 Å². The van der Waals surface area contributed by atoms with E-state index in [4.69, 9.17) is 27.9 Å². The number of nitrogens with zero attached hydrogens (tertiary/aromatic N) is 2. The number of benzene rings is 1. The molecule has 1 aromatic carbocycles. The van der Waals surface area contributed by atoms with Crippen molar-refractivity contribution in [1.29, 1.82) is 0 Å². The van der Waals surface area contributed by atoms with Crippen molar-refractivity contribution in [3.63, 3.8) is 0 Å². The van der Waals surface area contributed by atoms with E-state index >= 15 is 0 Å². The predicted octanol–water partition coefficient (Wildman–Crippen LogP) is 1.33. The molecule has 2 aliphatic rings. The molecule has 2 saturated heterocycles. The van der Waals surface area contributed by atoms with Crippen molar-refractivity contribution in [1.82, 2.24) is 15.1 Å². The van der Waals surface area contributed by atoms with E-state index in [0.29, 0.717) is 50.0 Å². The Kier molecular flexibility index (Phi) is 5.84. The molecule has 0 aliphatic carbocycles. The van der Waals surface area contributed by atoms with Gasteiger partial charge < -0.3 is 20.1 Å². The molecular weight excluding hydrogens is 353 g/mol. The molecule has 0 spiro atoms. The summed E-state index contributed by atoms with van der Waals surface area (Å²) in [5.41, 5.74) is 0.692. The topological polar surface area (TPSA) is 65.0 Å². The van der Waals surface area contributed by atoms with E-state index in [1.54, 1.807) is 6.07 Å². The van der Waals surface area contributed by atoms with Crippen molar-refractivity contribution in [2.24, 2.45) is 0 Å². The molecule has 24 heavy (non-hydrogen) atoms. The molecule has 0 bridgehead atoms. The van der Waals surface area contributed by atoms with Crippen LogP contribution in [-0.2, 0) is 16.1 Å². The quantitative estimate of drug-likeness (QED) is 0.836. The van der Waals surface area contributed by atoms with Gasteiger partial charge in [0.2, 0.25) is 5.91 Å². The van der Waals surface area contributed by atoms with Gasteiger partial charge in [0, 0.05) is 49.9 Å². The first-order valence-corrected chi connectivity index (χ1v) is 8.80. The monoisotopic (exact) mass is 373 g/mol. The fourth-order valence-electron chi connectivity index (χ4n) is 3.08. The molecule has 0 saturated carbocycles. The third-order valence-corrected chi connectivity index (χ3v) is 5.20. The fraction of sp³-hybridized carbons (Fsp3) is 0.562. The van der Waals surface area contributed by atoms with Crippen molar-refractivity contribution in [2.75, 3.05) is 45.9 Å². The van der Waals surface area contributed by atoms with Gasteiger partial charge in [0.25, 0.3) is 0 Å². The van der Waals surface area contributed by atoms with Gasteiger partial charge in [-0.25, -0.2) is 0 Å². The minimum atomic E-state index is -0.244. The molecular formula is C16H21Cl2N3O3. The summed E-state index contributed by atoms with van der Waals surface area (Å²) in [5, 5.41) is 13.8. The summed E-state index contributed by atoms with van der Waals surface area (Å²) >= 11 is 12.4. The van der Waals surface area contributed by atoms with Gasteiger partial charge in [-0.05, 0) is 12.1 Å². The summed E-state index contributed by atoms with van der Waals surface area (Å²) < 4.78 is 5.30. The zero-order chi connectivity index (χ0) is 17.1. The Balaban J connectivity index is 1.65. The number of rotatable bonds is 3. The van der Waals surface area contributed by atoms with Gasteiger partial charge in [-0.3, -0.25) is 9.69 Å². The van der Waals surface area contributed by atoms with Crippen LogP contribution in [0.1, 0.15) is 5.56 Å². The summed E-state index contributed by atoms with van der Waals surface area (Å²) in [6.07, 6.45) is 0. The number of aromatic hydroxyl groups is 1. The third kappa shape index (κ3) is 3.95. The van der Waals surface area contributed by atoms with E-state index in [-0.39, 0.29) is 22.7 Å². The lowest BCUT2D eigenvalue weighted by atomic mass is 10.1. The van der Waals surface area contributed by atoms with Gasteiger partial charge in [0.1, 0.15) is 5.75 Å². The molecule has 0 radical (unpaired) electrons. The van der Waals surface area contributed by atoms with Crippen molar-refractivity contribution < 1.29 is 14.6 Å². The number of carbonyl (C=O) groups is 1. The highest BCUT2D eigenvalue weighted by Gasteiger charge is 2.30. The first-order valence-electron chi connectivity index (χ1n) is 8.04. The summed E-state index contributed by atoms with van der Waals surface area (Å²) in [5.74, 6) is 0.128. The van der Waals surface area contributed by atoms with Crippen LogP contribution in [0.15, 0.2) is 12.1 Å². The summed E-state index contributed by atoms with van der Waals surface area (Å²) in [4.78, 5) is 16.6. The highest BCUT2D eigenvalue weighted by Crippen LogP contribution is 2.33. The predicted molar refractivity (Wildman–Crippen MR) is 92.6 cm³/mol. The van der Waals surface area contributed by atoms with E-state index in [1.165, 1.54) is 6.07 Å². The van der Waals surface area contributed by atoms with Gasteiger partial charge in [-0.15, -0.1) is 0 Å². The second-order valence-electron chi connectivity index (χ2n) is 6.04. The second-order valence-corrected chi connectivity index (χ2v) is 6.82. The van der Waals surface area contributed by atoms with Crippen molar-refractivity contribution in [3.05, 3.63) is 27.7 Å². The van der Waals surface area contributed by atoms with Crippen LogP contribution in [0.5, 0.6) is 5.75 Å². The minimum absolute atomic E-state index is 0.0205. The lowest BCUT2D eigenvalue weighted by Crippen LogP contribution is -2.58. The van der Waals surface area contributed by atoms with E-state index in [1.807, 2.05) is 4.90 Å². The lowest BCUT2D eigenvalue weighted by molar-refractivity contribution is -0.138. The maximum Gasteiger partial charge on any atom is 0.241 e. The normalized spacial score (nSPS) is 22.6. The van der Waals surface area contributed by atoms with Crippen LogP contribution >= 0.6 is 23.2 Å². The summed E-state index contributed by atoms with van der Waals surface area (Å²) in [6, 6.07) is 2.87. The Morgan fingerprint density at radius 1 is 1.29 bits per heavy atom. The number of halogens is 2. The van der Waals surface area contributed by atoms with Crippen LogP contribution in [0.2, 0.25) is 10.0 Å². The number of nitrogens with one attached hydrogen (secondary N) is 1. The van der Waals surface area contributed by atoms with Crippen molar-refractivity contribution >= 4 is 29.1 Å². The number of ether oxygens (including phenoxy) is 1. The zero-order valence-electron chi connectivity index (χ0n) is 13.3. The van der Waals surface area contributed by atoms with Gasteiger partial charge in [0.05, 0.1) is 24.3 Å². The molecule has 2 aliphatic heterocycles. The molecule has 1 unspecified atom stereocenters.